The molecule has 0 spiro atoms. The van der Waals surface area contributed by atoms with Crippen molar-refractivity contribution >= 4 is 33.7 Å². The van der Waals surface area contributed by atoms with Crippen LogP contribution in [0.25, 0.3) is 0 Å². The number of hydrogen-bond acceptors (Lipinski definition) is 5. The Hall–Kier alpha value is -3.07. The number of carbonyl (C=O) groups is 1. The second-order valence-electron chi connectivity index (χ2n) is 6.70. The quantitative estimate of drug-likeness (QED) is 0.415. The van der Waals surface area contributed by atoms with E-state index in [-0.39, 0.29) is 11.4 Å². The fourth-order valence-electron chi connectivity index (χ4n) is 2.78. The third-order valence-corrected chi connectivity index (χ3v) is 6.51. The number of hydrazone groups is 1. The molecule has 0 aliphatic heterocycles. The van der Waals surface area contributed by atoms with Crippen LogP contribution >= 0.6 is 11.6 Å². The lowest BCUT2D eigenvalue weighted by molar-refractivity contribution is -0.121. The first-order valence-corrected chi connectivity index (χ1v) is 11.2. The van der Waals surface area contributed by atoms with E-state index in [1.165, 1.54) is 30.5 Å². The van der Waals surface area contributed by atoms with Crippen LogP contribution in [0.2, 0.25) is 5.02 Å². The highest BCUT2D eigenvalue weighted by atomic mass is 35.5. The van der Waals surface area contributed by atoms with Crippen LogP contribution in [0.15, 0.2) is 82.9 Å². The van der Waals surface area contributed by atoms with Crippen LogP contribution in [0.4, 0.5) is 0 Å². The summed E-state index contributed by atoms with van der Waals surface area (Å²) in [6, 6.07) is 18.5. The smallest absolute Gasteiger partial charge is 0.255 e. The van der Waals surface area contributed by atoms with Crippen LogP contribution in [0.3, 0.4) is 0 Å². The lowest BCUT2D eigenvalue weighted by Gasteiger charge is -2.22. The van der Waals surface area contributed by atoms with Crippen LogP contribution in [0, 0.1) is 6.92 Å². The minimum absolute atomic E-state index is 0.0367. The molecule has 3 rings (SSSR count). The molecule has 0 aliphatic carbocycles. The van der Waals surface area contributed by atoms with Crippen molar-refractivity contribution in [3.63, 3.8) is 0 Å². The summed E-state index contributed by atoms with van der Waals surface area (Å²) in [7, 11) is -3.96. The minimum atomic E-state index is -3.96. The number of aryl methyl sites for hydroxylation is 1. The number of nitrogens with one attached hydrogen (secondary N) is 1. The van der Waals surface area contributed by atoms with Gasteiger partial charge in [0, 0.05) is 17.8 Å². The third kappa shape index (κ3) is 6.21. The van der Waals surface area contributed by atoms with E-state index in [1.54, 1.807) is 24.4 Å². The molecule has 0 bridgehead atoms. The van der Waals surface area contributed by atoms with Crippen molar-refractivity contribution in [3.05, 3.63) is 94.8 Å². The molecule has 7 nitrogen and oxygen atoms in total. The van der Waals surface area contributed by atoms with Gasteiger partial charge in [0.1, 0.15) is 0 Å². The molecule has 0 unspecified atom stereocenters. The Labute approximate surface area is 186 Å². The first-order valence-electron chi connectivity index (χ1n) is 9.39. The molecule has 0 fully saturated rings. The Morgan fingerprint density at radius 1 is 1.10 bits per heavy atom. The van der Waals surface area contributed by atoms with Gasteiger partial charge in [0.2, 0.25) is 10.0 Å². The summed E-state index contributed by atoms with van der Waals surface area (Å²) in [5.41, 5.74) is 4.64. The van der Waals surface area contributed by atoms with E-state index >= 15 is 0 Å². The van der Waals surface area contributed by atoms with E-state index in [2.05, 4.69) is 15.5 Å². The van der Waals surface area contributed by atoms with Crippen LogP contribution in [0.5, 0.6) is 0 Å². The molecule has 1 amide bonds. The molecular weight excluding hydrogens is 436 g/mol. The molecule has 0 atom stereocenters. The number of carbonyl (C=O) groups excluding carboxylic acids is 1. The summed E-state index contributed by atoms with van der Waals surface area (Å²) in [6.07, 6.45) is 2.99. The minimum Gasteiger partial charge on any atom is -0.272 e. The topological polar surface area (TPSA) is 91.7 Å². The van der Waals surface area contributed by atoms with E-state index in [0.717, 1.165) is 15.4 Å². The largest absolute Gasteiger partial charge is 0.272 e. The molecule has 0 aliphatic rings. The molecule has 9 heteroatoms. The number of nitrogens with zero attached hydrogens (tertiary/aromatic N) is 3. The predicted octanol–water partition coefficient (Wildman–Crippen LogP) is 3.38. The molecule has 160 valence electrons. The number of aromatic nitrogens is 1. The second kappa shape index (κ2) is 10.3. The Morgan fingerprint density at radius 2 is 1.81 bits per heavy atom. The molecule has 0 saturated heterocycles. The van der Waals surface area contributed by atoms with Crippen molar-refractivity contribution in [2.75, 3.05) is 6.54 Å². The molecule has 1 N–H and O–H groups in total. The normalized spacial score (nSPS) is 11.7. The summed E-state index contributed by atoms with van der Waals surface area (Å²) >= 11 is 5.89. The van der Waals surface area contributed by atoms with Gasteiger partial charge in [-0.05, 0) is 54.4 Å². The van der Waals surface area contributed by atoms with Gasteiger partial charge in [0.05, 0.1) is 23.3 Å². The van der Waals surface area contributed by atoms with Gasteiger partial charge >= 0.3 is 0 Å². The third-order valence-electron chi connectivity index (χ3n) is 4.45. The van der Waals surface area contributed by atoms with Gasteiger partial charge in [-0.25, -0.2) is 13.8 Å². The highest BCUT2D eigenvalue weighted by Crippen LogP contribution is 2.21. The highest BCUT2D eigenvalue weighted by molar-refractivity contribution is 7.89. The monoisotopic (exact) mass is 456 g/mol. The van der Waals surface area contributed by atoms with Gasteiger partial charge in [0.25, 0.3) is 5.91 Å². The van der Waals surface area contributed by atoms with Crippen LogP contribution < -0.4 is 5.43 Å². The van der Waals surface area contributed by atoms with Gasteiger partial charge < -0.3 is 0 Å². The Kier molecular flexibility index (Phi) is 7.51. The van der Waals surface area contributed by atoms with E-state index < -0.39 is 22.5 Å². The molecular formula is C22H21ClN4O3S. The SMILES string of the molecule is Cc1ccccc1CN(CC(=O)N/N=C\c1ccccn1)S(=O)(=O)c1ccc(Cl)cc1. The zero-order chi connectivity index (χ0) is 22.3. The van der Waals surface area contributed by atoms with E-state index in [1.807, 2.05) is 31.2 Å². The lowest BCUT2D eigenvalue weighted by Crippen LogP contribution is -2.39. The number of halogens is 1. The molecule has 2 aromatic carbocycles. The fourth-order valence-corrected chi connectivity index (χ4v) is 4.28. The average Bonchev–Trinajstić information content (AvgIpc) is 2.76. The summed E-state index contributed by atoms with van der Waals surface area (Å²) in [5.74, 6) is -0.571. The van der Waals surface area contributed by atoms with Crippen molar-refractivity contribution < 1.29 is 13.2 Å². The van der Waals surface area contributed by atoms with Crippen molar-refractivity contribution in [2.24, 2.45) is 5.10 Å². The summed E-state index contributed by atoms with van der Waals surface area (Å²) in [5, 5.41) is 4.28. The van der Waals surface area contributed by atoms with E-state index in [4.69, 9.17) is 11.6 Å². The Balaban J connectivity index is 1.81. The predicted molar refractivity (Wildman–Crippen MR) is 120 cm³/mol. The van der Waals surface area contributed by atoms with Gasteiger partial charge in [-0.2, -0.15) is 9.41 Å². The number of benzene rings is 2. The van der Waals surface area contributed by atoms with E-state index in [0.29, 0.717) is 10.7 Å². The first kappa shape index (κ1) is 22.6. The second-order valence-corrected chi connectivity index (χ2v) is 9.08. The van der Waals surface area contributed by atoms with E-state index in [9.17, 15) is 13.2 Å². The van der Waals surface area contributed by atoms with Crippen molar-refractivity contribution in [3.8, 4) is 0 Å². The van der Waals surface area contributed by atoms with Gasteiger partial charge in [0.15, 0.2) is 0 Å². The molecule has 3 aromatic rings. The zero-order valence-corrected chi connectivity index (χ0v) is 18.3. The van der Waals surface area contributed by atoms with Crippen molar-refractivity contribution in [1.29, 1.82) is 0 Å². The first-order chi connectivity index (χ1) is 14.9. The summed E-state index contributed by atoms with van der Waals surface area (Å²) in [6.45, 7) is 1.52. The summed E-state index contributed by atoms with van der Waals surface area (Å²) in [4.78, 5) is 16.6. The maximum atomic E-state index is 13.2. The number of pyridine rings is 1. The van der Waals surface area contributed by atoms with Crippen LogP contribution in [-0.2, 0) is 21.4 Å². The Bertz CT molecular complexity index is 1170. The molecule has 1 aromatic heterocycles. The van der Waals surface area contributed by atoms with Crippen molar-refractivity contribution in [2.45, 2.75) is 18.4 Å². The highest BCUT2D eigenvalue weighted by Gasteiger charge is 2.27. The van der Waals surface area contributed by atoms with Gasteiger partial charge in [-0.1, -0.05) is 41.9 Å². The number of sulfonamides is 1. The standard InChI is InChI=1S/C22H21ClN4O3S/c1-17-6-2-3-7-18(17)15-27(31(29,30)21-11-9-19(23)10-12-21)16-22(28)26-25-14-20-8-4-5-13-24-20/h2-14H,15-16H2,1H3,(H,26,28)/b25-14-. The molecule has 31 heavy (non-hydrogen) atoms. The number of amides is 1. The van der Waals surface area contributed by atoms with Gasteiger partial charge in [-0.15, -0.1) is 0 Å². The Morgan fingerprint density at radius 3 is 2.48 bits per heavy atom. The fraction of sp³-hybridized carbons (Fsp3) is 0.136. The zero-order valence-electron chi connectivity index (χ0n) is 16.8. The lowest BCUT2D eigenvalue weighted by atomic mass is 10.1. The van der Waals surface area contributed by atoms with Gasteiger partial charge in [-0.3, -0.25) is 9.78 Å². The van der Waals surface area contributed by atoms with Crippen molar-refractivity contribution in [1.82, 2.24) is 14.7 Å². The maximum Gasteiger partial charge on any atom is 0.255 e. The number of hydrogen-bond donors (Lipinski definition) is 1. The number of rotatable bonds is 8. The molecule has 1 heterocycles. The summed E-state index contributed by atoms with van der Waals surface area (Å²) < 4.78 is 27.6. The average molecular weight is 457 g/mol. The molecule has 0 radical (unpaired) electrons. The van der Waals surface area contributed by atoms with Crippen LogP contribution in [0.1, 0.15) is 16.8 Å². The van der Waals surface area contributed by atoms with Crippen LogP contribution in [-0.4, -0.2) is 36.4 Å². The molecule has 0 saturated carbocycles. The maximum absolute atomic E-state index is 13.2.